The van der Waals surface area contributed by atoms with Crippen molar-refractivity contribution in [1.82, 2.24) is 29.8 Å². The van der Waals surface area contributed by atoms with Crippen molar-refractivity contribution in [3.63, 3.8) is 0 Å². The standard InChI is InChI=1S/C23H26ClN7O/c1-13-4-2-3-5-18(13)23(32)26-9-17-8-14-6-16(24)7-15(19(14)30-17)10-31-12-29-20-21(25)27-11-28-22(20)31/h6-8,11-13,18,30H,2-5,9-10H2,1H3,(H,26,32)(H2,25,27,28). The summed E-state index contributed by atoms with van der Waals surface area (Å²) >= 11 is 6.41. The van der Waals surface area contributed by atoms with Crippen LogP contribution in [0.25, 0.3) is 22.1 Å². The fourth-order valence-electron chi connectivity index (χ4n) is 4.77. The molecule has 2 unspecified atom stereocenters. The molecule has 0 radical (unpaired) electrons. The van der Waals surface area contributed by atoms with Gasteiger partial charge in [-0.05, 0) is 42.5 Å². The molecule has 32 heavy (non-hydrogen) atoms. The lowest BCUT2D eigenvalue weighted by atomic mass is 9.80. The normalized spacial score (nSPS) is 18.9. The quantitative estimate of drug-likeness (QED) is 0.423. The van der Waals surface area contributed by atoms with Gasteiger partial charge in [0.2, 0.25) is 5.91 Å². The number of halogens is 1. The fraction of sp³-hybridized carbons (Fsp3) is 0.391. The molecular weight excluding hydrogens is 426 g/mol. The molecule has 5 rings (SSSR count). The van der Waals surface area contributed by atoms with E-state index >= 15 is 0 Å². The first kappa shape index (κ1) is 20.8. The van der Waals surface area contributed by atoms with Crippen LogP contribution in [-0.2, 0) is 17.9 Å². The molecule has 1 aliphatic carbocycles. The maximum atomic E-state index is 12.7. The van der Waals surface area contributed by atoms with Gasteiger partial charge in [-0.2, -0.15) is 0 Å². The number of rotatable bonds is 5. The van der Waals surface area contributed by atoms with Gasteiger partial charge in [0.05, 0.1) is 24.9 Å². The smallest absolute Gasteiger partial charge is 0.223 e. The molecule has 3 aromatic heterocycles. The molecule has 9 heteroatoms. The Bertz CT molecular complexity index is 1290. The van der Waals surface area contributed by atoms with Crippen molar-refractivity contribution in [1.29, 1.82) is 0 Å². The topological polar surface area (TPSA) is 115 Å². The van der Waals surface area contributed by atoms with Crippen LogP contribution >= 0.6 is 11.6 Å². The number of anilines is 1. The number of aromatic amines is 1. The van der Waals surface area contributed by atoms with Crippen molar-refractivity contribution in [2.45, 2.75) is 45.7 Å². The second-order valence-electron chi connectivity index (χ2n) is 8.71. The minimum absolute atomic E-state index is 0.113. The molecule has 4 N–H and O–H groups in total. The number of aromatic nitrogens is 5. The highest BCUT2D eigenvalue weighted by Crippen LogP contribution is 2.30. The largest absolute Gasteiger partial charge is 0.382 e. The Morgan fingerprint density at radius 3 is 2.94 bits per heavy atom. The number of carbonyl (C=O) groups is 1. The van der Waals surface area contributed by atoms with E-state index in [1.807, 2.05) is 22.8 Å². The van der Waals surface area contributed by atoms with Crippen molar-refractivity contribution in [3.8, 4) is 0 Å². The number of nitrogen functional groups attached to an aromatic ring is 1. The van der Waals surface area contributed by atoms with Crippen LogP contribution < -0.4 is 11.1 Å². The Labute approximate surface area is 190 Å². The average Bonchev–Trinajstić information content (AvgIpc) is 3.37. The van der Waals surface area contributed by atoms with Crippen molar-refractivity contribution >= 4 is 45.4 Å². The highest BCUT2D eigenvalue weighted by Gasteiger charge is 2.27. The third-order valence-electron chi connectivity index (χ3n) is 6.50. The molecule has 0 bridgehead atoms. The van der Waals surface area contributed by atoms with E-state index < -0.39 is 0 Å². The molecule has 1 aliphatic rings. The molecule has 166 valence electrons. The monoisotopic (exact) mass is 451 g/mol. The maximum Gasteiger partial charge on any atom is 0.223 e. The number of nitrogens with two attached hydrogens (primary N) is 1. The van der Waals surface area contributed by atoms with Crippen LogP contribution in [0.5, 0.6) is 0 Å². The number of H-pyrrole nitrogens is 1. The van der Waals surface area contributed by atoms with E-state index in [1.54, 1.807) is 6.33 Å². The van der Waals surface area contributed by atoms with E-state index in [0.717, 1.165) is 41.4 Å². The highest BCUT2D eigenvalue weighted by atomic mass is 35.5. The highest BCUT2D eigenvalue weighted by molar-refractivity contribution is 6.31. The van der Waals surface area contributed by atoms with Crippen LogP contribution in [0.3, 0.4) is 0 Å². The Kier molecular flexibility index (Phi) is 5.46. The first-order valence-corrected chi connectivity index (χ1v) is 11.4. The Balaban J connectivity index is 1.39. The first-order valence-electron chi connectivity index (χ1n) is 11.0. The predicted molar refractivity (Wildman–Crippen MR) is 125 cm³/mol. The van der Waals surface area contributed by atoms with Crippen LogP contribution in [0.15, 0.2) is 30.9 Å². The molecule has 8 nitrogen and oxygen atoms in total. The predicted octanol–water partition coefficient (Wildman–Crippen LogP) is 4.03. The van der Waals surface area contributed by atoms with Gasteiger partial charge in [-0.3, -0.25) is 4.79 Å². The van der Waals surface area contributed by atoms with Crippen LogP contribution in [0, 0.1) is 11.8 Å². The second-order valence-corrected chi connectivity index (χ2v) is 9.15. The van der Waals surface area contributed by atoms with Crippen molar-refractivity contribution in [2.75, 3.05) is 5.73 Å². The number of hydrogen-bond acceptors (Lipinski definition) is 5. The number of carbonyl (C=O) groups excluding carboxylic acids is 1. The number of benzene rings is 1. The molecule has 0 saturated heterocycles. The van der Waals surface area contributed by atoms with Gasteiger partial charge < -0.3 is 20.6 Å². The Morgan fingerprint density at radius 2 is 2.09 bits per heavy atom. The molecule has 0 spiro atoms. The molecular formula is C23H26ClN7O. The third-order valence-corrected chi connectivity index (χ3v) is 6.72. The lowest BCUT2D eigenvalue weighted by molar-refractivity contribution is -0.127. The maximum absolute atomic E-state index is 12.7. The second kappa shape index (κ2) is 8.43. The van der Waals surface area contributed by atoms with E-state index in [9.17, 15) is 4.79 Å². The number of nitrogens with one attached hydrogen (secondary N) is 2. The van der Waals surface area contributed by atoms with Gasteiger partial charge in [0.15, 0.2) is 11.5 Å². The van der Waals surface area contributed by atoms with Gasteiger partial charge >= 0.3 is 0 Å². The summed E-state index contributed by atoms with van der Waals surface area (Å²) in [6, 6.07) is 5.90. The number of hydrogen-bond donors (Lipinski definition) is 3. The molecule has 2 atom stereocenters. The summed E-state index contributed by atoms with van der Waals surface area (Å²) in [5.41, 5.74) is 10.1. The van der Waals surface area contributed by atoms with E-state index in [2.05, 4.69) is 32.2 Å². The van der Waals surface area contributed by atoms with E-state index in [0.29, 0.717) is 41.0 Å². The van der Waals surface area contributed by atoms with Crippen molar-refractivity contribution in [3.05, 3.63) is 47.1 Å². The van der Waals surface area contributed by atoms with Crippen LogP contribution in [0.4, 0.5) is 5.82 Å². The van der Waals surface area contributed by atoms with E-state index in [4.69, 9.17) is 17.3 Å². The molecule has 1 saturated carbocycles. The zero-order valence-electron chi connectivity index (χ0n) is 17.9. The number of fused-ring (bicyclic) bond motifs is 2. The third kappa shape index (κ3) is 3.90. The average molecular weight is 452 g/mol. The van der Waals surface area contributed by atoms with Crippen molar-refractivity contribution < 1.29 is 4.79 Å². The fourth-order valence-corrected chi connectivity index (χ4v) is 5.02. The Morgan fingerprint density at radius 1 is 1.25 bits per heavy atom. The molecule has 1 fully saturated rings. The van der Waals surface area contributed by atoms with Crippen molar-refractivity contribution in [2.24, 2.45) is 11.8 Å². The minimum Gasteiger partial charge on any atom is -0.382 e. The van der Waals surface area contributed by atoms with Gasteiger partial charge in [-0.1, -0.05) is 31.4 Å². The molecule has 1 amide bonds. The number of imidazole rings is 1. The summed E-state index contributed by atoms with van der Waals surface area (Å²) < 4.78 is 1.92. The molecule has 0 aliphatic heterocycles. The van der Waals surface area contributed by atoms with Crippen LogP contribution in [0.1, 0.15) is 43.9 Å². The van der Waals surface area contributed by atoms with Gasteiger partial charge in [-0.25, -0.2) is 15.0 Å². The lowest BCUT2D eigenvalue weighted by Gasteiger charge is -2.27. The summed E-state index contributed by atoms with van der Waals surface area (Å²) in [4.78, 5) is 28.8. The zero-order valence-corrected chi connectivity index (χ0v) is 18.7. The van der Waals surface area contributed by atoms with Gasteiger partial charge in [0.25, 0.3) is 0 Å². The number of nitrogens with zero attached hydrogens (tertiary/aromatic N) is 4. The van der Waals surface area contributed by atoms with Crippen LogP contribution in [-0.4, -0.2) is 30.4 Å². The van der Waals surface area contributed by atoms with E-state index in [1.165, 1.54) is 12.7 Å². The summed E-state index contributed by atoms with van der Waals surface area (Å²) in [5.74, 6) is 1.06. The summed E-state index contributed by atoms with van der Waals surface area (Å²) in [6.07, 6.45) is 7.61. The van der Waals surface area contributed by atoms with Gasteiger partial charge in [0.1, 0.15) is 11.8 Å². The minimum atomic E-state index is 0.113. The van der Waals surface area contributed by atoms with Gasteiger partial charge in [0, 0.05) is 22.0 Å². The van der Waals surface area contributed by atoms with Gasteiger partial charge in [-0.15, -0.1) is 0 Å². The molecule has 3 heterocycles. The SMILES string of the molecule is CC1CCCCC1C(=O)NCc1cc2cc(Cl)cc(Cn3cnc4c(N)ncnc43)c2[nH]1. The summed E-state index contributed by atoms with van der Waals surface area (Å²) in [6.45, 7) is 3.17. The van der Waals surface area contributed by atoms with E-state index in [-0.39, 0.29) is 11.8 Å². The lowest BCUT2D eigenvalue weighted by Crippen LogP contribution is -2.35. The Hall–Kier alpha value is -3.13. The first-order chi connectivity index (χ1) is 15.5. The van der Waals surface area contributed by atoms with Crippen LogP contribution in [0.2, 0.25) is 5.02 Å². The molecule has 1 aromatic carbocycles. The summed E-state index contributed by atoms with van der Waals surface area (Å²) in [5, 5.41) is 4.77. The summed E-state index contributed by atoms with van der Waals surface area (Å²) in [7, 11) is 0. The molecule has 4 aromatic rings. The zero-order chi connectivity index (χ0) is 22.2. The number of amides is 1.